The largest absolute Gasteiger partial charge is 0.394 e. The van der Waals surface area contributed by atoms with Crippen LogP contribution in [0.4, 0.5) is 11.5 Å². The summed E-state index contributed by atoms with van der Waals surface area (Å²) in [6.07, 6.45) is 7.98. The maximum Gasteiger partial charge on any atom is 0.243 e. The van der Waals surface area contributed by atoms with Gasteiger partial charge in [0.2, 0.25) is 6.33 Å². The molecule has 6 nitrogen and oxygen atoms in total. The third kappa shape index (κ3) is 2.59. The van der Waals surface area contributed by atoms with Gasteiger partial charge in [-0.15, -0.1) is 5.10 Å². The Morgan fingerprint density at radius 2 is 2.20 bits per heavy atom. The smallest absolute Gasteiger partial charge is 0.243 e. The number of hydrogen-bond acceptors (Lipinski definition) is 3. The van der Waals surface area contributed by atoms with Gasteiger partial charge in [0.15, 0.2) is 5.82 Å². The Kier molecular flexibility index (Phi) is 3.93. The summed E-state index contributed by atoms with van der Waals surface area (Å²) < 4.78 is 5.91. The number of imidazole rings is 1. The second-order valence-electron chi connectivity index (χ2n) is 4.54. The molecule has 0 saturated heterocycles. The van der Waals surface area contributed by atoms with Crippen LogP contribution >= 0.6 is 0 Å². The number of aryl methyl sites for hydroxylation is 1. The van der Waals surface area contributed by atoms with Crippen LogP contribution in [0, 0.1) is 7.43 Å². The molecule has 20 heavy (non-hydrogen) atoms. The molecule has 0 amide bonds. The molecule has 0 atom stereocenters. The Hall–Kier alpha value is -2.50. The lowest BCUT2D eigenvalue weighted by Gasteiger charge is -2.01. The number of nitrogens with two attached hydrogens (primary N) is 1. The van der Waals surface area contributed by atoms with E-state index in [2.05, 4.69) is 15.0 Å². The third-order valence-electron chi connectivity index (χ3n) is 3.06. The summed E-state index contributed by atoms with van der Waals surface area (Å²) >= 11 is 0. The molecule has 0 saturated carbocycles. The highest BCUT2D eigenvalue weighted by molar-refractivity contribution is 5.80. The first-order valence-corrected chi connectivity index (χ1v) is 6.22. The first-order valence-electron chi connectivity index (χ1n) is 6.22. The zero-order chi connectivity index (χ0) is 13.2. The van der Waals surface area contributed by atoms with Crippen molar-refractivity contribution in [3.8, 4) is 0 Å². The first-order chi connectivity index (χ1) is 9.24. The molecule has 0 spiro atoms. The van der Waals surface area contributed by atoms with E-state index >= 15 is 0 Å². The molecule has 0 unspecified atom stereocenters. The Morgan fingerprint density at radius 1 is 1.35 bits per heavy atom. The minimum Gasteiger partial charge on any atom is -0.394 e. The van der Waals surface area contributed by atoms with Crippen molar-refractivity contribution in [3.05, 3.63) is 50.5 Å². The number of nitrogen functional groups attached to an aromatic ring is 1. The molecule has 0 bridgehead atoms. The Balaban J connectivity index is 0.00000147. The molecular formula is C14H20N6. The number of nitrogens with zero attached hydrogens (tertiary/aromatic N) is 4. The SMILES string of the molecule is C[n+]1ccn(CCNc2nn3ccccc3c2N)c1.[CH3-]. The predicted molar refractivity (Wildman–Crippen MR) is 80.1 cm³/mol. The van der Waals surface area contributed by atoms with Gasteiger partial charge in [-0.2, -0.15) is 0 Å². The number of anilines is 2. The van der Waals surface area contributed by atoms with E-state index in [9.17, 15) is 0 Å². The average Bonchev–Trinajstić information content (AvgIpc) is 2.96. The minimum atomic E-state index is 0. The van der Waals surface area contributed by atoms with Crippen LogP contribution in [-0.4, -0.2) is 20.7 Å². The van der Waals surface area contributed by atoms with Crippen molar-refractivity contribution >= 4 is 17.0 Å². The molecule has 0 aliphatic carbocycles. The number of rotatable bonds is 4. The quantitative estimate of drug-likeness (QED) is 0.552. The van der Waals surface area contributed by atoms with Crippen LogP contribution in [0.5, 0.6) is 0 Å². The average molecular weight is 272 g/mol. The number of hydrogen-bond donors (Lipinski definition) is 2. The van der Waals surface area contributed by atoms with Gasteiger partial charge >= 0.3 is 0 Å². The zero-order valence-corrected chi connectivity index (χ0v) is 11.8. The molecule has 0 radical (unpaired) electrons. The van der Waals surface area contributed by atoms with Crippen molar-refractivity contribution in [2.24, 2.45) is 7.05 Å². The van der Waals surface area contributed by atoms with Crippen molar-refractivity contribution in [3.63, 3.8) is 0 Å². The molecule has 106 valence electrons. The zero-order valence-electron chi connectivity index (χ0n) is 11.8. The van der Waals surface area contributed by atoms with Crippen LogP contribution in [0.25, 0.3) is 5.52 Å². The highest BCUT2D eigenvalue weighted by Gasteiger charge is 2.08. The van der Waals surface area contributed by atoms with E-state index < -0.39 is 0 Å². The van der Waals surface area contributed by atoms with Gasteiger partial charge in [0.05, 0.1) is 19.1 Å². The van der Waals surface area contributed by atoms with Crippen molar-refractivity contribution in [1.82, 2.24) is 14.2 Å². The van der Waals surface area contributed by atoms with E-state index in [0.29, 0.717) is 5.69 Å². The maximum absolute atomic E-state index is 6.07. The molecule has 3 heterocycles. The number of fused-ring (bicyclic) bond motifs is 1. The predicted octanol–water partition coefficient (Wildman–Crippen LogP) is 1.10. The molecule has 6 heteroatoms. The number of pyridine rings is 1. The van der Waals surface area contributed by atoms with E-state index in [-0.39, 0.29) is 7.43 Å². The van der Waals surface area contributed by atoms with Gasteiger partial charge in [-0.25, -0.2) is 13.6 Å². The summed E-state index contributed by atoms with van der Waals surface area (Å²) in [5.41, 5.74) is 7.69. The van der Waals surface area contributed by atoms with Crippen molar-refractivity contribution < 1.29 is 4.57 Å². The highest BCUT2D eigenvalue weighted by atomic mass is 15.3. The van der Waals surface area contributed by atoms with Crippen LogP contribution in [0.3, 0.4) is 0 Å². The summed E-state index contributed by atoms with van der Waals surface area (Å²) in [6.45, 7) is 1.65. The van der Waals surface area contributed by atoms with Gasteiger partial charge in [0, 0.05) is 6.20 Å². The van der Waals surface area contributed by atoms with E-state index in [0.717, 1.165) is 24.4 Å². The van der Waals surface area contributed by atoms with Crippen LogP contribution in [-0.2, 0) is 13.6 Å². The van der Waals surface area contributed by atoms with E-state index in [4.69, 9.17) is 5.73 Å². The van der Waals surface area contributed by atoms with E-state index in [1.165, 1.54) is 0 Å². The topological polar surface area (TPSA) is 64.2 Å². The van der Waals surface area contributed by atoms with Crippen molar-refractivity contribution in [2.75, 3.05) is 17.6 Å². The van der Waals surface area contributed by atoms with Gasteiger partial charge in [0.1, 0.15) is 24.6 Å². The number of aromatic nitrogens is 4. The summed E-state index contributed by atoms with van der Waals surface area (Å²) in [7, 11) is 2.00. The fourth-order valence-corrected chi connectivity index (χ4v) is 2.09. The molecule has 0 fully saturated rings. The van der Waals surface area contributed by atoms with Gasteiger partial charge in [-0.1, -0.05) is 6.07 Å². The Bertz CT molecular complexity index is 697. The van der Waals surface area contributed by atoms with Crippen molar-refractivity contribution in [1.29, 1.82) is 0 Å². The van der Waals surface area contributed by atoms with E-state index in [1.54, 1.807) is 4.52 Å². The molecule has 3 rings (SSSR count). The Morgan fingerprint density at radius 3 is 2.90 bits per heavy atom. The molecule has 3 aromatic heterocycles. The van der Waals surface area contributed by atoms with Crippen LogP contribution in [0.15, 0.2) is 43.1 Å². The third-order valence-corrected chi connectivity index (χ3v) is 3.06. The lowest BCUT2D eigenvalue weighted by Crippen LogP contribution is -2.24. The number of nitrogens with one attached hydrogen (secondary N) is 1. The summed E-state index contributed by atoms with van der Waals surface area (Å²) in [5, 5.41) is 7.69. The van der Waals surface area contributed by atoms with Crippen LogP contribution in [0.1, 0.15) is 0 Å². The van der Waals surface area contributed by atoms with Gasteiger partial charge in [-0.05, 0) is 12.1 Å². The monoisotopic (exact) mass is 272 g/mol. The lowest BCUT2D eigenvalue weighted by atomic mass is 10.3. The van der Waals surface area contributed by atoms with Gasteiger partial charge < -0.3 is 18.5 Å². The minimum absolute atomic E-state index is 0. The molecule has 0 aliphatic rings. The van der Waals surface area contributed by atoms with Crippen LogP contribution in [0.2, 0.25) is 0 Å². The second-order valence-corrected chi connectivity index (χ2v) is 4.54. The highest BCUT2D eigenvalue weighted by Crippen LogP contribution is 2.22. The lowest BCUT2D eigenvalue weighted by molar-refractivity contribution is -0.671. The normalized spacial score (nSPS) is 10.4. The van der Waals surface area contributed by atoms with Crippen molar-refractivity contribution in [2.45, 2.75) is 6.54 Å². The molecule has 3 N–H and O–H groups in total. The molecule has 3 aromatic rings. The maximum atomic E-state index is 6.07. The van der Waals surface area contributed by atoms with Gasteiger partial charge in [-0.3, -0.25) is 0 Å². The summed E-state index contributed by atoms with van der Waals surface area (Å²) in [5.74, 6) is 0.739. The van der Waals surface area contributed by atoms with Crippen LogP contribution < -0.4 is 15.6 Å². The Labute approximate surface area is 118 Å². The molecular weight excluding hydrogens is 252 g/mol. The van der Waals surface area contributed by atoms with E-state index in [1.807, 2.05) is 54.7 Å². The van der Waals surface area contributed by atoms with Gasteiger partial charge in [0.25, 0.3) is 0 Å². The standard InChI is InChI=1S/C13H17N6.CH3/c1-17-8-9-18(10-17)7-5-15-13-12(14)11-4-2-3-6-19(11)16-13;/h2-4,6,8-10H,5,7,14H2,1H3,(H,15,16);1H3/q+1;-1. The second kappa shape index (κ2) is 5.64. The fourth-order valence-electron chi connectivity index (χ4n) is 2.09. The molecule has 0 aliphatic heterocycles. The summed E-state index contributed by atoms with van der Waals surface area (Å²) in [4.78, 5) is 0. The first kappa shape index (κ1) is 13.9. The molecule has 0 aromatic carbocycles. The summed E-state index contributed by atoms with van der Waals surface area (Å²) in [6, 6.07) is 5.85. The fraction of sp³-hybridized carbons (Fsp3) is 0.214.